The summed E-state index contributed by atoms with van der Waals surface area (Å²) in [5, 5.41) is 8.58. The van der Waals surface area contributed by atoms with Crippen LogP contribution in [0.2, 0.25) is 0 Å². The van der Waals surface area contributed by atoms with E-state index in [0.29, 0.717) is 11.5 Å². The van der Waals surface area contributed by atoms with Crippen LogP contribution in [-0.4, -0.2) is 21.0 Å². The second kappa shape index (κ2) is 2.65. The molecule has 11 heavy (non-hydrogen) atoms. The van der Waals surface area contributed by atoms with Gasteiger partial charge < -0.3 is 5.11 Å². The minimum absolute atomic E-state index is 0.163. The van der Waals surface area contributed by atoms with E-state index in [1.165, 1.54) is 6.20 Å². The minimum Gasteiger partial charge on any atom is -0.478 e. The van der Waals surface area contributed by atoms with Gasteiger partial charge in [0.2, 0.25) is 0 Å². The summed E-state index contributed by atoms with van der Waals surface area (Å²) >= 11 is 0. The fraction of sp³-hybridized carbons (Fsp3) is 0.286. The highest BCUT2D eigenvalue weighted by Crippen LogP contribution is 2.02. The lowest BCUT2D eigenvalue weighted by atomic mass is 10.2. The Hall–Kier alpha value is -1.45. The summed E-state index contributed by atoms with van der Waals surface area (Å²) in [4.78, 5) is 18.1. The molecule has 0 aliphatic carbocycles. The van der Waals surface area contributed by atoms with Gasteiger partial charge in [-0.05, 0) is 13.8 Å². The Morgan fingerprint density at radius 1 is 1.55 bits per heavy atom. The molecule has 1 aromatic rings. The smallest absolute Gasteiger partial charge is 0.339 e. The maximum Gasteiger partial charge on any atom is 0.339 e. The van der Waals surface area contributed by atoms with Crippen LogP contribution in [0.25, 0.3) is 0 Å². The van der Waals surface area contributed by atoms with E-state index in [9.17, 15) is 4.79 Å². The Balaban J connectivity index is 3.20. The van der Waals surface area contributed by atoms with Gasteiger partial charge in [-0.15, -0.1) is 0 Å². The predicted molar refractivity (Wildman–Crippen MR) is 38.5 cm³/mol. The van der Waals surface area contributed by atoms with Gasteiger partial charge >= 0.3 is 5.97 Å². The van der Waals surface area contributed by atoms with Crippen molar-refractivity contribution in [2.75, 3.05) is 0 Å². The molecular formula is C7H8N2O2. The molecule has 0 saturated carbocycles. The fourth-order valence-electron chi connectivity index (χ4n) is 0.793. The van der Waals surface area contributed by atoms with E-state index in [4.69, 9.17) is 5.11 Å². The standard InChI is InChI=1S/C7H8N2O2/c1-4-6(7(10)11)3-8-5(2)9-4/h3H,1-2H3,(H,10,11). The van der Waals surface area contributed by atoms with Crippen molar-refractivity contribution >= 4 is 5.97 Å². The highest BCUT2D eigenvalue weighted by Gasteiger charge is 2.07. The third-order valence-electron chi connectivity index (χ3n) is 1.33. The molecule has 58 valence electrons. The van der Waals surface area contributed by atoms with Crippen LogP contribution in [0.15, 0.2) is 6.20 Å². The number of aryl methyl sites for hydroxylation is 2. The largest absolute Gasteiger partial charge is 0.478 e. The predicted octanol–water partition coefficient (Wildman–Crippen LogP) is 0.792. The van der Waals surface area contributed by atoms with Crippen LogP contribution in [0.1, 0.15) is 21.9 Å². The van der Waals surface area contributed by atoms with Crippen molar-refractivity contribution in [1.29, 1.82) is 0 Å². The van der Waals surface area contributed by atoms with Gasteiger partial charge in [0.05, 0.1) is 11.3 Å². The van der Waals surface area contributed by atoms with Crippen molar-refractivity contribution in [3.63, 3.8) is 0 Å². The monoisotopic (exact) mass is 152 g/mol. The molecule has 1 aromatic heterocycles. The average molecular weight is 152 g/mol. The lowest BCUT2D eigenvalue weighted by molar-refractivity contribution is 0.0695. The normalized spacial score (nSPS) is 9.64. The summed E-state index contributed by atoms with van der Waals surface area (Å²) in [5.74, 6) is -0.394. The van der Waals surface area contributed by atoms with E-state index < -0.39 is 5.97 Å². The van der Waals surface area contributed by atoms with Crippen molar-refractivity contribution in [2.45, 2.75) is 13.8 Å². The van der Waals surface area contributed by atoms with Crippen LogP contribution in [0.5, 0.6) is 0 Å². The van der Waals surface area contributed by atoms with Crippen LogP contribution in [0.3, 0.4) is 0 Å². The maximum atomic E-state index is 10.5. The SMILES string of the molecule is Cc1ncc(C(=O)O)c(C)n1. The number of rotatable bonds is 1. The minimum atomic E-state index is -0.984. The first-order valence-electron chi connectivity index (χ1n) is 3.15. The zero-order valence-electron chi connectivity index (χ0n) is 6.33. The summed E-state index contributed by atoms with van der Waals surface area (Å²) in [6.45, 7) is 3.37. The molecule has 0 atom stereocenters. The fourth-order valence-corrected chi connectivity index (χ4v) is 0.793. The van der Waals surface area contributed by atoms with Crippen LogP contribution in [0, 0.1) is 13.8 Å². The van der Waals surface area contributed by atoms with Crippen molar-refractivity contribution in [1.82, 2.24) is 9.97 Å². The first-order valence-corrected chi connectivity index (χ1v) is 3.15. The Bertz CT molecular complexity index is 296. The van der Waals surface area contributed by atoms with E-state index in [-0.39, 0.29) is 5.56 Å². The summed E-state index contributed by atoms with van der Waals surface area (Å²) in [6, 6.07) is 0. The van der Waals surface area contributed by atoms with Gasteiger partial charge in [0.1, 0.15) is 5.82 Å². The number of carboxylic acids is 1. The Morgan fingerprint density at radius 3 is 2.64 bits per heavy atom. The molecule has 4 heteroatoms. The zero-order chi connectivity index (χ0) is 8.43. The second-order valence-corrected chi connectivity index (χ2v) is 2.22. The lowest BCUT2D eigenvalue weighted by Crippen LogP contribution is -2.03. The van der Waals surface area contributed by atoms with Crippen molar-refractivity contribution in [3.05, 3.63) is 23.3 Å². The molecule has 0 fully saturated rings. The Labute approximate surface area is 63.9 Å². The molecule has 0 spiro atoms. The van der Waals surface area contributed by atoms with E-state index in [0.717, 1.165) is 0 Å². The molecule has 0 saturated heterocycles. The van der Waals surface area contributed by atoms with Gasteiger partial charge in [0.15, 0.2) is 0 Å². The number of nitrogens with zero attached hydrogens (tertiary/aromatic N) is 2. The third-order valence-corrected chi connectivity index (χ3v) is 1.33. The number of aromatic nitrogens is 2. The number of carbonyl (C=O) groups is 1. The molecule has 0 amide bonds. The van der Waals surface area contributed by atoms with Crippen molar-refractivity contribution < 1.29 is 9.90 Å². The number of hydrogen-bond donors (Lipinski definition) is 1. The van der Waals surface area contributed by atoms with Crippen LogP contribution < -0.4 is 0 Å². The van der Waals surface area contributed by atoms with Gasteiger partial charge in [0, 0.05) is 6.20 Å². The van der Waals surface area contributed by atoms with Gasteiger partial charge in [-0.2, -0.15) is 0 Å². The average Bonchev–Trinajstić information content (AvgIpc) is 1.85. The van der Waals surface area contributed by atoms with Crippen LogP contribution in [0.4, 0.5) is 0 Å². The molecule has 1 N–H and O–H groups in total. The summed E-state index contributed by atoms with van der Waals surface area (Å²) < 4.78 is 0. The molecule has 0 radical (unpaired) electrons. The van der Waals surface area contributed by atoms with E-state index in [1.807, 2.05) is 0 Å². The molecule has 1 heterocycles. The second-order valence-electron chi connectivity index (χ2n) is 2.22. The highest BCUT2D eigenvalue weighted by molar-refractivity contribution is 5.88. The zero-order valence-corrected chi connectivity index (χ0v) is 6.33. The van der Waals surface area contributed by atoms with Gasteiger partial charge in [0.25, 0.3) is 0 Å². The van der Waals surface area contributed by atoms with Crippen LogP contribution in [-0.2, 0) is 0 Å². The summed E-state index contributed by atoms with van der Waals surface area (Å²) in [6.07, 6.45) is 1.32. The van der Waals surface area contributed by atoms with Crippen LogP contribution >= 0.6 is 0 Å². The number of hydrogen-bond acceptors (Lipinski definition) is 3. The highest BCUT2D eigenvalue weighted by atomic mass is 16.4. The first kappa shape index (κ1) is 7.65. The van der Waals surface area contributed by atoms with E-state index in [1.54, 1.807) is 13.8 Å². The Morgan fingerprint density at radius 2 is 2.18 bits per heavy atom. The molecule has 4 nitrogen and oxygen atoms in total. The molecule has 1 rings (SSSR count). The molecular weight excluding hydrogens is 144 g/mol. The molecule has 0 bridgehead atoms. The third kappa shape index (κ3) is 1.52. The summed E-state index contributed by atoms with van der Waals surface area (Å²) in [5.41, 5.74) is 0.667. The number of carboxylic acid groups (broad SMARTS) is 1. The number of aromatic carboxylic acids is 1. The van der Waals surface area contributed by atoms with Gasteiger partial charge in [-0.1, -0.05) is 0 Å². The quantitative estimate of drug-likeness (QED) is 0.646. The van der Waals surface area contributed by atoms with E-state index in [2.05, 4.69) is 9.97 Å². The molecule has 0 unspecified atom stereocenters. The van der Waals surface area contributed by atoms with E-state index >= 15 is 0 Å². The molecule has 0 aromatic carbocycles. The molecule has 0 aliphatic heterocycles. The maximum absolute atomic E-state index is 10.5. The molecule has 0 aliphatic rings. The first-order chi connectivity index (χ1) is 5.11. The lowest BCUT2D eigenvalue weighted by Gasteiger charge is -1.98. The summed E-state index contributed by atoms with van der Waals surface area (Å²) in [7, 11) is 0. The van der Waals surface area contributed by atoms with Crippen molar-refractivity contribution in [2.24, 2.45) is 0 Å². The van der Waals surface area contributed by atoms with Gasteiger partial charge in [-0.25, -0.2) is 14.8 Å². The van der Waals surface area contributed by atoms with Crippen molar-refractivity contribution in [3.8, 4) is 0 Å². The topological polar surface area (TPSA) is 63.1 Å². The Kier molecular flexibility index (Phi) is 1.85. The van der Waals surface area contributed by atoms with Gasteiger partial charge in [-0.3, -0.25) is 0 Å².